The first-order valence-electron chi connectivity index (χ1n) is 7.48. The number of allylic oxidation sites excluding steroid dienone is 4. The van der Waals surface area contributed by atoms with E-state index in [-0.39, 0.29) is 0 Å². The average Bonchev–Trinajstić information content (AvgIpc) is 2.57. The van der Waals surface area contributed by atoms with Gasteiger partial charge in [0.2, 0.25) is 0 Å². The van der Waals surface area contributed by atoms with E-state index in [4.69, 9.17) is 0 Å². The lowest BCUT2D eigenvalue weighted by molar-refractivity contribution is 0.848. The minimum Gasteiger partial charge on any atom is -0.407 e. The Balaban J connectivity index is 2.30. The number of nitrogens with one attached hydrogen (secondary N) is 1. The molecule has 0 spiro atoms. The summed E-state index contributed by atoms with van der Waals surface area (Å²) >= 11 is 0. The molecule has 0 bridgehead atoms. The Morgan fingerprint density at radius 1 is 0.900 bits per heavy atom. The third-order valence-electron chi connectivity index (χ3n) is 4.82. The van der Waals surface area contributed by atoms with Gasteiger partial charge in [0.1, 0.15) is 0 Å². The summed E-state index contributed by atoms with van der Waals surface area (Å²) in [6, 6.07) is 8.77. The van der Waals surface area contributed by atoms with Crippen molar-refractivity contribution in [1.82, 2.24) is 0 Å². The van der Waals surface area contributed by atoms with Gasteiger partial charge in [0, 0.05) is 5.69 Å². The number of benzene rings is 1. The zero-order valence-electron chi connectivity index (χ0n) is 13.9. The van der Waals surface area contributed by atoms with Crippen molar-refractivity contribution in [1.29, 1.82) is 0 Å². The average molecular weight is 286 g/mol. The van der Waals surface area contributed by atoms with Crippen molar-refractivity contribution in [3.05, 3.63) is 51.7 Å². The molecule has 20 heavy (non-hydrogen) atoms. The number of aryl methyl sites for hydroxylation is 1. The van der Waals surface area contributed by atoms with E-state index in [1.807, 2.05) is 0 Å². The predicted molar refractivity (Wildman–Crippen MR) is 92.5 cm³/mol. The van der Waals surface area contributed by atoms with E-state index >= 15 is 0 Å². The maximum absolute atomic E-state index is 3.84. The van der Waals surface area contributed by atoms with Gasteiger partial charge in [0.15, 0.2) is 8.24 Å². The fourth-order valence-electron chi connectivity index (χ4n) is 3.44. The maximum atomic E-state index is 3.84. The molecule has 0 fully saturated rings. The molecule has 1 N–H and O–H groups in total. The molecule has 0 aromatic heterocycles. The fourth-order valence-corrected chi connectivity index (χ4v) is 6.89. The molecule has 1 aromatic rings. The van der Waals surface area contributed by atoms with Gasteiger partial charge in [0.05, 0.1) is 0 Å². The third-order valence-corrected chi connectivity index (χ3v) is 7.89. The predicted octanol–water partition coefficient (Wildman–Crippen LogP) is 5.45. The molecule has 0 saturated carbocycles. The number of anilines is 1. The van der Waals surface area contributed by atoms with Crippen molar-refractivity contribution < 1.29 is 0 Å². The molecule has 0 heterocycles. The van der Waals surface area contributed by atoms with Crippen molar-refractivity contribution in [2.45, 2.75) is 47.7 Å². The quantitative estimate of drug-likeness (QED) is 0.728. The smallest absolute Gasteiger partial charge is 0.176 e. The molecular formula is C18H27NSi. The van der Waals surface area contributed by atoms with Crippen LogP contribution in [0, 0.1) is 12.8 Å². The lowest BCUT2D eigenvalue weighted by Crippen LogP contribution is -2.41. The second-order valence-electron chi connectivity index (χ2n) is 6.68. The van der Waals surface area contributed by atoms with E-state index in [9.17, 15) is 0 Å². The highest BCUT2D eigenvalue weighted by atomic mass is 28.3. The van der Waals surface area contributed by atoms with Crippen LogP contribution in [-0.2, 0) is 0 Å². The van der Waals surface area contributed by atoms with E-state index in [0.29, 0.717) is 5.92 Å². The van der Waals surface area contributed by atoms with Crippen molar-refractivity contribution in [3.8, 4) is 0 Å². The molecule has 0 saturated heterocycles. The molecule has 1 nitrogen and oxygen atoms in total. The van der Waals surface area contributed by atoms with Crippen LogP contribution in [0.15, 0.2) is 46.2 Å². The molecule has 0 amide bonds. The van der Waals surface area contributed by atoms with Crippen LogP contribution in [0.25, 0.3) is 0 Å². The molecule has 1 aromatic carbocycles. The van der Waals surface area contributed by atoms with Gasteiger partial charge in [-0.1, -0.05) is 41.0 Å². The van der Waals surface area contributed by atoms with Gasteiger partial charge in [-0.25, -0.2) is 0 Å². The number of hydrogen-bond donors (Lipinski definition) is 1. The van der Waals surface area contributed by atoms with Crippen LogP contribution in [0.3, 0.4) is 0 Å². The molecule has 1 aliphatic rings. The lowest BCUT2D eigenvalue weighted by Gasteiger charge is -2.31. The van der Waals surface area contributed by atoms with Crippen molar-refractivity contribution in [2.24, 2.45) is 5.92 Å². The van der Waals surface area contributed by atoms with Gasteiger partial charge in [-0.05, 0) is 64.4 Å². The van der Waals surface area contributed by atoms with Crippen LogP contribution in [-0.4, -0.2) is 8.24 Å². The molecule has 1 unspecified atom stereocenters. The first-order valence-corrected chi connectivity index (χ1v) is 10.5. The number of hydrogen-bond acceptors (Lipinski definition) is 1. The Morgan fingerprint density at radius 3 is 1.90 bits per heavy atom. The summed E-state index contributed by atoms with van der Waals surface area (Å²) in [7, 11) is -1.65. The topological polar surface area (TPSA) is 12.0 Å². The SMILES string of the molecule is CC1=C(C)C(C)C([Si](C)(C)Nc2ccc(C)cc2)=C1C. The molecule has 1 atom stereocenters. The van der Waals surface area contributed by atoms with Crippen molar-refractivity contribution in [2.75, 3.05) is 4.98 Å². The highest BCUT2D eigenvalue weighted by molar-refractivity contribution is 6.87. The van der Waals surface area contributed by atoms with Crippen LogP contribution < -0.4 is 4.98 Å². The van der Waals surface area contributed by atoms with Gasteiger partial charge < -0.3 is 4.98 Å². The Kier molecular flexibility index (Phi) is 3.97. The Labute approximate surface area is 124 Å². The number of rotatable bonds is 3. The Bertz CT molecular complexity index is 576. The summed E-state index contributed by atoms with van der Waals surface area (Å²) in [5.41, 5.74) is 7.13. The standard InChI is InChI=1S/C18H27NSi/c1-12-8-10-17(11-9-12)19-20(6,7)18-15(4)13(2)14(3)16(18)5/h8-11,15,19H,1-7H3. The van der Waals surface area contributed by atoms with Crippen molar-refractivity contribution >= 4 is 13.9 Å². The molecule has 0 aliphatic heterocycles. The minimum absolute atomic E-state index is 0.592. The third kappa shape index (κ3) is 2.62. The van der Waals surface area contributed by atoms with E-state index in [0.717, 1.165) is 0 Å². The first kappa shape index (κ1) is 15.1. The zero-order valence-corrected chi connectivity index (χ0v) is 14.9. The van der Waals surface area contributed by atoms with Crippen LogP contribution >= 0.6 is 0 Å². The van der Waals surface area contributed by atoms with Gasteiger partial charge in [0.25, 0.3) is 0 Å². The van der Waals surface area contributed by atoms with Crippen molar-refractivity contribution in [3.63, 3.8) is 0 Å². The Hall–Kier alpha value is -1.28. The zero-order chi connectivity index (χ0) is 15.1. The van der Waals surface area contributed by atoms with Gasteiger partial charge >= 0.3 is 0 Å². The van der Waals surface area contributed by atoms with Crippen LogP contribution in [0.2, 0.25) is 13.1 Å². The summed E-state index contributed by atoms with van der Waals surface area (Å²) in [6.45, 7) is 16.2. The molecule has 108 valence electrons. The summed E-state index contributed by atoms with van der Waals surface area (Å²) in [6.07, 6.45) is 0. The molecule has 2 rings (SSSR count). The largest absolute Gasteiger partial charge is 0.407 e. The minimum atomic E-state index is -1.65. The fraction of sp³-hybridized carbons (Fsp3) is 0.444. The van der Waals surface area contributed by atoms with E-state index in [1.165, 1.54) is 22.4 Å². The van der Waals surface area contributed by atoms with Crippen LogP contribution in [0.5, 0.6) is 0 Å². The van der Waals surface area contributed by atoms with Gasteiger partial charge in [-0.3, -0.25) is 0 Å². The molecule has 1 aliphatic carbocycles. The maximum Gasteiger partial charge on any atom is 0.176 e. The summed E-state index contributed by atoms with van der Waals surface area (Å²) in [4.78, 5) is 3.84. The van der Waals surface area contributed by atoms with E-state index in [1.54, 1.807) is 10.8 Å². The van der Waals surface area contributed by atoms with Crippen LogP contribution in [0.4, 0.5) is 5.69 Å². The highest BCUT2D eigenvalue weighted by Gasteiger charge is 2.36. The second kappa shape index (κ2) is 5.25. The molecule has 0 radical (unpaired) electrons. The lowest BCUT2D eigenvalue weighted by atomic mass is 10.1. The second-order valence-corrected chi connectivity index (χ2v) is 10.7. The molecular weight excluding hydrogens is 258 g/mol. The summed E-state index contributed by atoms with van der Waals surface area (Å²) < 4.78 is 0. The normalized spacial score (nSPS) is 19.9. The summed E-state index contributed by atoms with van der Waals surface area (Å²) in [5, 5.41) is 1.66. The first-order chi connectivity index (χ1) is 9.24. The summed E-state index contributed by atoms with van der Waals surface area (Å²) in [5.74, 6) is 0.592. The Morgan fingerprint density at radius 2 is 1.45 bits per heavy atom. The monoisotopic (exact) mass is 285 g/mol. The van der Waals surface area contributed by atoms with Gasteiger partial charge in [-0.15, -0.1) is 0 Å². The highest BCUT2D eigenvalue weighted by Crippen LogP contribution is 2.41. The van der Waals surface area contributed by atoms with E-state index < -0.39 is 8.24 Å². The van der Waals surface area contributed by atoms with Crippen LogP contribution in [0.1, 0.15) is 33.3 Å². The van der Waals surface area contributed by atoms with Gasteiger partial charge in [-0.2, -0.15) is 0 Å². The van der Waals surface area contributed by atoms with E-state index in [2.05, 4.69) is 77.0 Å². The molecule has 2 heteroatoms.